The molecule has 1 aliphatic carbocycles. The zero-order valence-electron chi connectivity index (χ0n) is 41.0. The first-order valence-electron chi connectivity index (χ1n) is 25.0. The van der Waals surface area contributed by atoms with Gasteiger partial charge >= 0.3 is 0 Å². The number of likely N-dealkylation sites (N-methyl/N-ethyl adjacent to an activating group) is 2. The number of carbonyl (C=O) groups excluding carboxylic acids is 1. The topological polar surface area (TPSA) is 107 Å². The summed E-state index contributed by atoms with van der Waals surface area (Å²) >= 11 is 13.2. The first kappa shape index (κ1) is 48.2. The number of halogens is 2. The van der Waals surface area contributed by atoms with Crippen LogP contribution in [0.4, 0.5) is 5.95 Å². The number of benzene rings is 4. The lowest BCUT2D eigenvalue weighted by Crippen LogP contribution is -2.73. The van der Waals surface area contributed by atoms with Gasteiger partial charge in [-0.3, -0.25) is 19.5 Å². The van der Waals surface area contributed by atoms with Gasteiger partial charge in [-0.15, -0.1) is 0 Å². The molecule has 1 saturated carbocycles. The van der Waals surface area contributed by atoms with Gasteiger partial charge in [-0.2, -0.15) is 0 Å². The lowest BCUT2D eigenvalue weighted by atomic mass is 9.54. The highest BCUT2D eigenvalue weighted by Gasteiger charge is 2.77. The molecule has 13 heteroatoms. The standard InChI is InChI=1S/C56H68Cl2N8O3/c1-8-55-49-26-40(24-36-12-10-9-11-13-36)51(55)64(5)34(2)29-60-48-28-44(25-37-14-19-42(57)20-15-37)65(6)52-46(33-68-7)63-50(56(48,52)53(55)67)35(3)66(49)32-39-16-21-43(58)27-47(39)69-45-22-17-38(18-23-45)41-30-61-54(59-4)62-31-41/h9-23,27,30-31,34-35,40,44,46,48-52,60,63H,8,24-26,28-29,32-33H2,1-7H3,(H,59,61,62)/t34-,35-,40+,44-,46+,48?,49?,50?,51?,52?,55?,56?/m0/s1. The number of hydrogen-bond acceptors (Lipinski definition) is 11. The van der Waals surface area contributed by atoms with Crippen molar-refractivity contribution in [1.82, 2.24) is 35.3 Å². The number of ether oxygens (including phenoxy) is 2. The Kier molecular flexibility index (Phi) is 13.7. The minimum Gasteiger partial charge on any atom is -0.457 e. The Balaban J connectivity index is 1.10. The highest BCUT2D eigenvalue weighted by atomic mass is 35.5. The van der Waals surface area contributed by atoms with Crippen molar-refractivity contribution in [3.8, 4) is 22.6 Å². The number of anilines is 1. The normalized spacial score (nSPS) is 32.4. The molecule has 4 saturated heterocycles. The van der Waals surface area contributed by atoms with Crippen LogP contribution in [0.5, 0.6) is 11.5 Å². The van der Waals surface area contributed by atoms with E-state index >= 15 is 4.79 Å². The second-order valence-electron chi connectivity index (χ2n) is 20.7. The maximum Gasteiger partial charge on any atom is 0.222 e. The van der Waals surface area contributed by atoms with E-state index in [1.165, 1.54) is 11.1 Å². The van der Waals surface area contributed by atoms with Crippen LogP contribution in [0.3, 0.4) is 0 Å². The summed E-state index contributed by atoms with van der Waals surface area (Å²) in [6, 6.07) is 33.1. The summed E-state index contributed by atoms with van der Waals surface area (Å²) in [6.45, 7) is 8.93. The average Bonchev–Trinajstić information content (AvgIpc) is 3.87. The highest BCUT2D eigenvalue weighted by molar-refractivity contribution is 6.31. The van der Waals surface area contributed by atoms with Gasteiger partial charge in [0, 0.05) is 115 Å². The Morgan fingerprint density at radius 2 is 1.55 bits per heavy atom. The summed E-state index contributed by atoms with van der Waals surface area (Å²) in [4.78, 5) is 34.2. The minimum atomic E-state index is -0.777. The fourth-order valence-corrected chi connectivity index (χ4v) is 14.5. The van der Waals surface area contributed by atoms with Crippen molar-refractivity contribution in [2.24, 2.45) is 16.7 Å². The van der Waals surface area contributed by atoms with E-state index in [4.69, 9.17) is 32.7 Å². The number of Topliss-reactive ketones (excluding diaryl/α,β-unsaturated/α-hetero) is 1. The summed E-state index contributed by atoms with van der Waals surface area (Å²) in [6.07, 6.45) is 7.86. The van der Waals surface area contributed by atoms with Crippen LogP contribution in [0, 0.1) is 16.7 Å². The van der Waals surface area contributed by atoms with Gasteiger partial charge in [0.1, 0.15) is 11.5 Å². The van der Waals surface area contributed by atoms with Crippen molar-refractivity contribution in [2.75, 3.05) is 46.7 Å². The molecule has 12 atom stereocenters. The molecule has 4 aliphatic heterocycles. The predicted octanol–water partition coefficient (Wildman–Crippen LogP) is 9.03. The smallest absolute Gasteiger partial charge is 0.222 e. The molecule has 5 heterocycles. The van der Waals surface area contributed by atoms with Gasteiger partial charge in [-0.1, -0.05) is 90.8 Å². The molecule has 364 valence electrons. The molecule has 10 rings (SSSR count). The van der Waals surface area contributed by atoms with Gasteiger partial charge in [0.2, 0.25) is 5.95 Å². The summed E-state index contributed by atoms with van der Waals surface area (Å²) in [7, 11) is 8.19. The molecule has 5 aromatic rings. The first-order valence-corrected chi connectivity index (χ1v) is 25.7. The molecule has 0 radical (unpaired) electrons. The number of piperidine rings is 1. The number of nitrogens with zero attached hydrogens (tertiary/aromatic N) is 5. The third-order valence-corrected chi connectivity index (χ3v) is 17.8. The summed E-state index contributed by atoms with van der Waals surface area (Å²) in [5, 5.41) is 12.8. The number of nitrogens with one attached hydrogen (secondary N) is 3. The predicted molar refractivity (Wildman–Crippen MR) is 276 cm³/mol. The Labute approximate surface area is 418 Å². The van der Waals surface area contributed by atoms with E-state index in [1.807, 2.05) is 68.0 Å². The van der Waals surface area contributed by atoms with Crippen molar-refractivity contribution >= 4 is 34.9 Å². The summed E-state index contributed by atoms with van der Waals surface area (Å²) in [5.41, 5.74) is 4.01. The number of ketones is 1. The van der Waals surface area contributed by atoms with Gasteiger partial charge in [-0.05, 0) is 119 Å². The maximum atomic E-state index is 17.4. The van der Waals surface area contributed by atoms with Crippen LogP contribution >= 0.6 is 23.2 Å². The van der Waals surface area contributed by atoms with E-state index in [-0.39, 0.29) is 60.3 Å². The number of aromatic nitrogens is 2. The molecule has 3 N–H and O–H groups in total. The van der Waals surface area contributed by atoms with Gasteiger partial charge in [0.25, 0.3) is 0 Å². The lowest BCUT2D eigenvalue weighted by molar-refractivity contribution is -0.154. The van der Waals surface area contributed by atoms with Crippen LogP contribution in [0.2, 0.25) is 10.0 Å². The van der Waals surface area contributed by atoms with Gasteiger partial charge < -0.3 is 25.4 Å². The molecule has 4 aromatic carbocycles. The van der Waals surface area contributed by atoms with Crippen molar-refractivity contribution in [2.45, 2.75) is 114 Å². The second-order valence-corrected chi connectivity index (χ2v) is 21.5. The third kappa shape index (κ3) is 8.38. The first-order chi connectivity index (χ1) is 33.4. The monoisotopic (exact) mass is 970 g/mol. The molecule has 7 unspecified atom stereocenters. The molecule has 0 amide bonds. The zero-order valence-corrected chi connectivity index (χ0v) is 42.6. The molecule has 69 heavy (non-hydrogen) atoms. The van der Waals surface area contributed by atoms with Gasteiger partial charge in [0.05, 0.1) is 17.4 Å². The van der Waals surface area contributed by atoms with Crippen LogP contribution in [0.1, 0.15) is 56.7 Å². The van der Waals surface area contributed by atoms with E-state index in [0.717, 1.165) is 60.4 Å². The number of methoxy groups -OCH3 is 1. The van der Waals surface area contributed by atoms with Crippen LogP contribution in [-0.4, -0.2) is 126 Å². The van der Waals surface area contributed by atoms with E-state index in [1.54, 1.807) is 7.11 Å². The van der Waals surface area contributed by atoms with Crippen molar-refractivity contribution in [3.63, 3.8) is 0 Å². The zero-order chi connectivity index (χ0) is 48.2. The summed E-state index contributed by atoms with van der Waals surface area (Å²) < 4.78 is 13.0. The van der Waals surface area contributed by atoms with E-state index in [9.17, 15) is 0 Å². The molecule has 2 bridgehead atoms. The van der Waals surface area contributed by atoms with Gasteiger partial charge in [0.15, 0.2) is 5.78 Å². The van der Waals surface area contributed by atoms with Crippen molar-refractivity contribution in [1.29, 1.82) is 0 Å². The third-order valence-electron chi connectivity index (χ3n) is 17.3. The summed E-state index contributed by atoms with van der Waals surface area (Å²) in [5.74, 6) is 2.63. The molecule has 11 nitrogen and oxygen atoms in total. The van der Waals surface area contributed by atoms with Crippen LogP contribution in [0.25, 0.3) is 11.1 Å². The van der Waals surface area contributed by atoms with Crippen LogP contribution < -0.4 is 20.7 Å². The van der Waals surface area contributed by atoms with Crippen molar-refractivity contribution in [3.05, 3.63) is 136 Å². The maximum absolute atomic E-state index is 17.4. The fourth-order valence-electron chi connectivity index (χ4n) is 14.2. The van der Waals surface area contributed by atoms with E-state index in [0.29, 0.717) is 41.4 Å². The Morgan fingerprint density at radius 3 is 2.25 bits per heavy atom. The number of rotatable bonds is 13. The number of likely N-dealkylation sites (tertiary alicyclic amines) is 2. The van der Waals surface area contributed by atoms with Crippen LogP contribution in [-0.2, 0) is 28.9 Å². The molecular formula is C56H68Cl2N8O3. The molecule has 1 aromatic heterocycles. The fraction of sp³-hybridized carbons (Fsp3) is 0.482. The van der Waals surface area contributed by atoms with Crippen molar-refractivity contribution < 1.29 is 14.3 Å². The minimum absolute atomic E-state index is 0.00269. The molecular weight excluding hydrogens is 904 g/mol. The average molecular weight is 972 g/mol. The Bertz CT molecular complexity index is 2590. The second kappa shape index (κ2) is 19.6. The molecule has 5 fully saturated rings. The largest absolute Gasteiger partial charge is 0.457 e. The quantitative estimate of drug-likeness (QED) is 0.105. The Hall–Kier alpha value is -4.43. The SMILES string of the molecule is CCC12C(=O)C34C5C[C@H](Cc6ccc(Cl)cc6)N(C)C3[C@@H](COC)NC4[C@H](C)N(Cc3ccc(Cl)cc3Oc3ccc(-c4cnc(NC)nc4)cc3)C1C[C@@H](Cc1ccccc1)C2N(C)[C@@H](C)CN5. The highest BCUT2D eigenvalue weighted by Crippen LogP contribution is 2.63. The number of hydrogen-bond donors (Lipinski definition) is 3. The van der Waals surface area contributed by atoms with Crippen LogP contribution in [0.15, 0.2) is 109 Å². The van der Waals surface area contributed by atoms with E-state index in [2.05, 4.69) is 124 Å². The molecule has 1 spiro atoms. The van der Waals surface area contributed by atoms with Gasteiger partial charge in [-0.25, -0.2) is 9.97 Å². The van der Waals surface area contributed by atoms with E-state index < -0.39 is 10.8 Å². The molecule has 5 aliphatic rings. The number of carbonyl (C=O) groups is 1. The Morgan fingerprint density at radius 1 is 0.841 bits per heavy atom. The lowest BCUT2D eigenvalue weighted by Gasteiger charge is -2.57.